The molecule has 0 saturated carbocycles. The second kappa shape index (κ2) is 5.23. The van der Waals surface area contributed by atoms with E-state index >= 15 is 0 Å². The second-order valence-corrected chi connectivity index (χ2v) is 4.60. The maximum atomic E-state index is 11.6. The Labute approximate surface area is 105 Å². The van der Waals surface area contributed by atoms with Gasteiger partial charge >= 0.3 is 6.09 Å². The molecule has 1 aliphatic heterocycles. The molecule has 1 aromatic carbocycles. The van der Waals surface area contributed by atoms with Gasteiger partial charge in [-0.15, -0.1) is 0 Å². The average Bonchev–Trinajstić information content (AvgIpc) is 2.78. The number of thioether (sulfide) groups is 1. The van der Waals surface area contributed by atoms with E-state index < -0.39 is 6.09 Å². The largest absolute Gasteiger partial charge is 0.445 e. The van der Waals surface area contributed by atoms with Crippen molar-refractivity contribution in [3.05, 3.63) is 41.8 Å². The van der Waals surface area contributed by atoms with E-state index in [1.54, 1.807) is 5.88 Å². The van der Waals surface area contributed by atoms with Crippen molar-refractivity contribution in [2.45, 2.75) is 20.0 Å². The number of carbonyl (C=O) groups is 1. The third-order valence-corrected chi connectivity index (χ3v) is 2.85. The van der Waals surface area contributed by atoms with E-state index in [0.29, 0.717) is 0 Å². The molecule has 89 valence electrons. The molecule has 0 aliphatic carbocycles. The monoisotopic (exact) mass is 249 g/mol. The fraction of sp³-hybridized carbons (Fsp3) is 0.250. The average molecular weight is 249 g/mol. The zero-order valence-electron chi connectivity index (χ0n) is 9.66. The van der Waals surface area contributed by atoms with E-state index in [2.05, 4.69) is 5.10 Å². The van der Waals surface area contributed by atoms with Gasteiger partial charge in [0, 0.05) is 5.56 Å². The molecule has 5 heteroatoms. The van der Waals surface area contributed by atoms with Crippen LogP contribution in [0.15, 0.2) is 35.4 Å². The van der Waals surface area contributed by atoms with Gasteiger partial charge in [0.15, 0.2) is 0 Å². The molecule has 0 saturated heterocycles. The molecule has 2 rings (SSSR count). The lowest BCUT2D eigenvalue weighted by Gasteiger charge is -2.12. The summed E-state index contributed by atoms with van der Waals surface area (Å²) in [4.78, 5) is 11.6. The quantitative estimate of drug-likeness (QED) is 0.809. The van der Waals surface area contributed by atoms with Crippen molar-refractivity contribution in [3.8, 4) is 0 Å². The molecule has 1 radical (unpaired) electrons. The summed E-state index contributed by atoms with van der Waals surface area (Å²) in [5, 5.41) is 6.22. The Morgan fingerprint density at radius 1 is 1.35 bits per heavy atom. The minimum absolute atomic E-state index is 0.142. The van der Waals surface area contributed by atoms with Gasteiger partial charge in [-0.25, -0.2) is 4.79 Å². The van der Waals surface area contributed by atoms with Gasteiger partial charge in [0.1, 0.15) is 10.9 Å². The third-order valence-electron chi connectivity index (χ3n) is 2.01. The van der Waals surface area contributed by atoms with Crippen LogP contribution >= 0.6 is 11.8 Å². The Balaban J connectivity index is 2.07. The van der Waals surface area contributed by atoms with Crippen molar-refractivity contribution in [2.75, 3.05) is 0 Å². The number of rotatable bonds is 2. The van der Waals surface area contributed by atoms with Crippen LogP contribution in [0.4, 0.5) is 4.79 Å². The van der Waals surface area contributed by atoms with E-state index in [0.717, 1.165) is 10.6 Å². The standard InChI is InChI=1S/C12H13N2O2S/c1-9(2)16-12(15)14-8-17-11(13-14)10-6-4-3-5-7-10/h3-9H,1-2H3. The summed E-state index contributed by atoms with van der Waals surface area (Å²) in [5.74, 6) is 1.65. The van der Waals surface area contributed by atoms with Crippen molar-refractivity contribution in [2.24, 2.45) is 5.10 Å². The number of hydrogen-bond donors (Lipinski definition) is 0. The van der Waals surface area contributed by atoms with Crippen LogP contribution in [0.2, 0.25) is 0 Å². The maximum Gasteiger partial charge on any atom is 0.431 e. The summed E-state index contributed by atoms with van der Waals surface area (Å²) in [6, 6.07) is 9.73. The van der Waals surface area contributed by atoms with Crippen LogP contribution in [0.3, 0.4) is 0 Å². The summed E-state index contributed by atoms with van der Waals surface area (Å²) in [5.41, 5.74) is 0.994. The van der Waals surface area contributed by atoms with Crippen LogP contribution in [0.5, 0.6) is 0 Å². The number of hydrogen-bond acceptors (Lipinski definition) is 4. The van der Waals surface area contributed by atoms with Crippen molar-refractivity contribution < 1.29 is 9.53 Å². The van der Waals surface area contributed by atoms with Crippen molar-refractivity contribution in [1.29, 1.82) is 0 Å². The number of benzene rings is 1. The van der Waals surface area contributed by atoms with Crippen LogP contribution in [0, 0.1) is 5.88 Å². The Kier molecular flexibility index (Phi) is 3.68. The van der Waals surface area contributed by atoms with Crippen LogP contribution in [-0.2, 0) is 4.74 Å². The van der Waals surface area contributed by atoms with Gasteiger partial charge in [-0.05, 0) is 13.8 Å². The Morgan fingerprint density at radius 3 is 2.71 bits per heavy atom. The zero-order chi connectivity index (χ0) is 12.3. The molecule has 1 heterocycles. The molecule has 0 bridgehead atoms. The highest BCUT2D eigenvalue weighted by Crippen LogP contribution is 2.26. The lowest BCUT2D eigenvalue weighted by Crippen LogP contribution is -2.24. The van der Waals surface area contributed by atoms with Gasteiger partial charge in [-0.2, -0.15) is 10.1 Å². The first kappa shape index (κ1) is 12.0. The fourth-order valence-corrected chi connectivity index (χ4v) is 2.03. The van der Waals surface area contributed by atoms with Crippen LogP contribution in [0.25, 0.3) is 0 Å². The minimum atomic E-state index is -0.446. The number of ether oxygens (including phenoxy) is 1. The highest BCUT2D eigenvalue weighted by Gasteiger charge is 2.24. The number of nitrogens with zero attached hydrogens (tertiary/aromatic N) is 2. The second-order valence-electron chi connectivity index (χ2n) is 3.77. The first-order chi connectivity index (χ1) is 8.16. The van der Waals surface area contributed by atoms with Crippen LogP contribution in [0.1, 0.15) is 19.4 Å². The minimum Gasteiger partial charge on any atom is -0.445 e. The van der Waals surface area contributed by atoms with E-state index in [1.165, 1.54) is 16.8 Å². The molecule has 4 nitrogen and oxygen atoms in total. The van der Waals surface area contributed by atoms with E-state index in [4.69, 9.17) is 4.74 Å². The SMILES string of the molecule is CC(C)OC(=O)N1[CH]SC(c2ccccc2)=N1. The van der Waals surface area contributed by atoms with Crippen LogP contribution < -0.4 is 0 Å². The molecule has 1 aliphatic rings. The summed E-state index contributed by atoms with van der Waals surface area (Å²) >= 11 is 1.41. The molecular formula is C12H13N2O2S. The van der Waals surface area contributed by atoms with E-state index in [9.17, 15) is 4.79 Å². The molecule has 17 heavy (non-hydrogen) atoms. The smallest absolute Gasteiger partial charge is 0.431 e. The topological polar surface area (TPSA) is 41.9 Å². The van der Waals surface area contributed by atoms with Crippen molar-refractivity contribution in [3.63, 3.8) is 0 Å². The van der Waals surface area contributed by atoms with Gasteiger partial charge in [0.25, 0.3) is 0 Å². The highest BCUT2D eigenvalue weighted by atomic mass is 32.2. The molecule has 1 aromatic rings. The molecule has 0 spiro atoms. The Bertz CT molecular complexity index is 431. The van der Waals surface area contributed by atoms with Gasteiger partial charge in [-0.3, -0.25) is 0 Å². The summed E-state index contributed by atoms with van der Waals surface area (Å²) in [7, 11) is 0. The fourth-order valence-electron chi connectivity index (χ4n) is 1.29. The lowest BCUT2D eigenvalue weighted by molar-refractivity contribution is 0.0888. The zero-order valence-corrected chi connectivity index (χ0v) is 10.5. The number of carbonyl (C=O) groups excluding carboxylic acids is 1. The molecule has 0 atom stereocenters. The summed E-state index contributed by atoms with van der Waals surface area (Å²) < 4.78 is 5.05. The molecular weight excluding hydrogens is 236 g/mol. The molecule has 0 N–H and O–H groups in total. The van der Waals surface area contributed by atoms with Crippen molar-refractivity contribution >= 4 is 22.9 Å². The van der Waals surface area contributed by atoms with Gasteiger partial charge in [0.05, 0.1) is 6.10 Å². The predicted octanol–water partition coefficient (Wildman–Crippen LogP) is 3.06. The summed E-state index contributed by atoms with van der Waals surface area (Å²) in [6.45, 7) is 3.62. The highest BCUT2D eigenvalue weighted by molar-refractivity contribution is 8.16. The van der Waals surface area contributed by atoms with Gasteiger partial charge < -0.3 is 4.74 Å². The number of amides is 1. The Morgan fingerprint density at radius 2 is 2.06 bits per heavy atom. The van der Waals surface area contributed by atoms with Crippen LogP contribution in [-0.4, -0.2) is 22.2 Å². The van der Waals surface area contributed by atoms with Crippen molar-refractivity contribution in [1.82, 2.24) is 5.01 Å². The molecule has 0 fully saturated rings. The summed E-state index contributed by atoms with van der Waals surface area (Å²) in [6.07, 6.45) is -0.588. The predicted molar refractivity (Wildman–Crippen MR) is 68.3 cm³/mol. The molecule has 0 aromatic heterocycles. The van der Waals surface area contributed by atoms with E-state index in [1.807, 2.05) is 44.2 Å². The number of hydrazone groups is 1. The maximum absolute atomic E-state index is 11.6. The first-order valence-electron chi connectivity index (χ1n) is 5.30. The Hall–Kier alpha value is -1.49. The lowest BCUT2D eigenvalue weighted by atomic mass is 10.2. The van der Waals surface area contributed by atoms with E-state index in [-0.39, 0.29) is 6.10 Å². The normalized spacial score (nSPS) is 15.0. The third kappa shape index (κ3) is 3.00. The molecule has 1 amide bonds. The molecule has 0 unspecified atom stereocenters. The first-order valence-corrected chi connectivity index (χ1v) is 6.18. The van der Waals surface area contributed by atoms with Gasteiger partial charge in [0.2, 0.25) is 0 Å². The van der Waals surface area contributed by atoms with Gasteiger partial charge in [-0.1, -0.05) is 42.1 Å².